The lowest BCUT2D eigenvalue weighted by Crippen LogP contribution is -2.30. The molecule has 0 bridgehead atoms. The van der Waals surface area contributed by atoms with Gasteiger partial charge in [0.2, 0.25) is 0 Å². The summed E-state index contributed by atoms with van der Waals surface area (Å²) in [6.07, 6.45) is 4.85. The van der Waals surface area contributed by atoms with E-state index in [2.05, 4.69) is 6.08 Å². The van der Waals surface area contributed by atoms with Crippen LogP contribution in [0.2, 0.25) is 4.34 Å². The van der Waals surface area contributed by atoms with Crippen LogP contribution in [0.1, 0.15) is 38.0 Å². The zero-order valence-corrected chi connectivity index (χ0v) is 11.1. The van der Waals surface area contributed by atoms with Crippen LogP contribution in [0.4, 0.5) is 0 Å². The van der Waals surface area contributed by atoms with Crippen molar-refractivity contribution in [1.29, 1.82) is 0 Å². The Balaban J connectivity index is 2.32. The van der Waals surface area contributed by atoms with Crippen molar-refractivity contribution in [3.63, 3.8) is 0 Å². The molecule has 0 saturated heterocycles. The van der Waals surface area contributed by atoms with Gasteiger partial charge in [-0.15, -0.1) is 11.3 Å². The topological polar surface area (TPSA) is 17.1 Å². The lowest BCUT2D eigenvalue weighted by Gasteiger charge is -2.31. The molecule has 0 radical (unpaired) electrons. The van der Waals surface area contributed by atoms with Gasteiger partial charge in [0.1, 0.15) is 5.78 Å². The molecule has 1 heterocycles. The number of Topliss-reactive ketones (excluding diaryl/α,β-unsaturated/α-hetero) is 1. The number of ketones is 1. The minimum Gasteiger partial charge on any atom is -0.299 e. The van der Waals surface area contributed by atoms with Gasteiger partial charge < -0.3 is 0 Å². The predicted molar refractivity (Wildman–Crippen MR) is 69.9 cm³/mol. The second kappa shape index (κ2) is 4.34. The van der Waals surface area contributed by atoms with E-state index >= 15 is 0 Å². The predicted octanol–water partition coefficient (Wildman–Crippen LogP) is 4.56. The van der Waals surface area contributed by atoms with Crippen LogP contribution in [0.3, 0.4) is 0 Å². The van der Waals surface area contributed by atoms with Crippen LogP contribution in [0.15, 0.2) is 17.7 Å². The molecule has 0 aliphatic heterocycles. The molecule has 0 atom stereocenters. The van der Waals surface area contributed by atoms with Gasteiger partial charge in [-0.3, -0.25) is 4.79 Å². The van der Waals surface area contributed by atoms with Crippen molar-refractivity contribution in [1.82, 2.24) is 0 Å². The molecule has 1 nitrogen and oxygen atoms in total. The van der Waals surface area contributed by atoms with E-state index in [0.29, 0.717) is 5.78 Å². The number of hydrogen-bond donors (Lipinski definition) is 0. The van der Waals surface area contributed by atoms with E-state index in [1.165, 1.54) is 5.57 Å². The van der Waals surface area contributed by atoms with E-state index in [0.717, 1.165) is 28.5 Å². The zero-order chi connectivity index (χ0) is 11.8. The van der Waals surface area contributed by atoms with Gasteiger partial charge in [-0.2, -0.15) is 0 Å². The second-order valence-electron chi connectivity index (χ2n) is 4.71. The van der Waals surface area contributed by atoms with Gasteiger partial charge in [-0.05, 0) is 44.9 Å². The lowest BCUT2D eigenvalue weighted by molar-refractivity contribution is -0.126. The van der Waals surface area contributed by atoms with Crippen LogP contribution in [0, 0.1) is 5.41 Å². The maximum absolute atomic E-state index is 11.9. The van der Waals surface area contributed by atoms with Crippen LogP contribution < -0.4 is 0 Å². The molecule has 1 fully saturated rings. The van der Waals surface area contributed by atoms with E-state index in [4.69, 9.17) is 11.6 Å². The molecule has 1 aliphatic carbocycles. The summed E-state index contributed by atoms with van der Waals surface area (Å²) in [6, 6.07) is 3.91. The van der Waals surface area contributed by atoms with Gasteiger partial charge in [-0.25, -0.2) is 0 Å². The molecule has 86 valence electrons. The van der Waals surface area contributed by atoms with Crippen molar-refractivity contribution in [3.8, 4) is 0 Å². The standard InChI is InChI=1S/C13H15ClOS/c1-13(2)9(4-3-5-11(13)15)8-10-6-7-12(14)16-10/h6-8H,3-5H2,1-2H3. The van der Waals surface area contributed by atoms with Crippen LogP contribution >= 0.6 is 22.9 Å². The van der Waals surface area contributed by atoms with Crippen molar-refractivity contribution in [2.75, 3.05) is 0 Å². The van der Waals surface area contributed by atoms with Crippen molar-refractivity contribution < 1.29 is 4.79 Å². The average Bonchev–Trinajstić information content (AvgIpc) is 2.60. The SMILES string of the molecule is CC1(C)C(=O)CCCC1=Cc1ccc(Cl)s1. The summed E-state index contributed by atoms with van der Waals surface area (Å²) in [5, 5.41) is 0. The quantitative estimate of drug-likeness (QED) is 0.718. The minimum atomic E-state index is -0.297. The highest BCUT2D eigenvalue weighted by Gasteiger charge is 2.34. The molecular formula is C13H15ClOS. The Morgan fingerprint density at radius 2 is 2.12 bits per heavy atom. The highest BCUT2D eigenvalue weighted by molar-refractivity contribution is 7.17. The Bertz CT molecular complexity index is 443. The molecule has 0 amide bonds. The Labute approximate surface area is 105 Å². The number of carbonyl (C=O) groups excluding carboxylic acids is 1. The molecule has 0 aromatic carbocycles. The fourth-order valence-corrected chi connectivity index (χ4v) is 3.10. The Morgan fingerprint density at radius 1 is 1.38 bits per heavy atom. The number of hydrogen-bond acceptors (Lipinski definition) is 2. The third kappa shape index (κ3) is 2.23. The smallest absolute Gasteiger partial charge is 0.142 e. The van der Waals surface area contributed by atoms with E-state index in [1.807, 2.05) is 26.0 Å². The van der Waals surface area contributed by atoms with Crippen molar-refractivity contribution in [3.05, 3.63) is 26.9 Å². The molecule has 3 heteroatoms. The molecule has 2 rings (SSSR count). The van der Waals surface area contributed by atoms with Crippen molar-refractivity contribution in [2.45, 2.75) is 33.1 Å². The maximum atomic E-state index is 11.9. The first-order valence-corrected chi connectivity index (χ1v) is 6.69. The van der Waals surface area contributed by atoms with Gasteiger partial charge in [0.15, 0.2) is 0 Å². The van der Waals surface area contributed by atoms with Crippen LogP contribution in [-0.4, -0.2) is 5.78 Å². The molecule has 1 aromatic rings. The Hall–Kier alpha value is -0.600. The summed E-state index contributed by atoms with van der Waals surface area (Å²) < 4.78 is 0.798. The highest BCUT2D eigenvalue weighted by atomic mass is 35.5. The second-order valence-corrected chi connectivity index (χ2v) is 6.46. The first kappa shape index (κ1) is 11.9. The first-order chi connectivity index (χ1) is 7.50. The molecule has 0 unspecified atom stereocenters. The lowest BCUT2D eigenvalue weighted by atomic mass is 9.72. The first-order valence-electron chi connectivity index (χ1n) is 5.50. The fourth-order valence-electron chi connectivity index (χ4n) is 2.07. The summed E-state index contributed by atoms with van der Waals surface area (Å²) in [4.78, 5) is 13.0. The van der Waals surface area contributed by atoms with Crippen LogP contribution in [0.5, 0.6) is 0 Å². The highest BCUT2D eigenvalue weighted by Crippen LogP contribution is 2.39. The summed E-state index contributed by atoms with van der Waals surface area (Å²) in [7, 11) is 0. The Kier molecular flexibility index (Phi) is 3.22. The van der Waals surface area contributed by atoms with Crippen molar-refractivity contribution in [2.24, 2.45) is 5.41 Å². The number of rotatable bonds is 1. The summed E-state index contributed by atoms with van der Waals surface area (Å²) in [6.45, 7) is 4.05. The van der Waals surface area contributed by atoms with Gasteiger partial charge in [0.25, 0.3) is 0 Å². The maximum Gasteiger partial charge on any atom is 0.142 e. The van der Waals surface area contributed by atoms with Crippen molar-refractivity contribution >= 4 is 34.8 Å². The number of thiophene rings is 1. The van der Waals surface area contributed by atoms with E-state index in [-0.39, 0.29) is 5.41 Å². The molecule has 1 saturated carbocycles. The average molecular weight is 255 g/mol. The summed E-state index contributed by atoms with van der Waals surface area (Å²) in [5.41, 5.74) is 0.941. The molecular weight excluding hydrogens is 240 g/mol. The van der Waals surface area contributed by atoms with E-state index < -0.39 is 0 Å². The van der Waals surface area contributed by atoms with Crippen LogP contribution in [0.25, 0.3) is 6.08 Å². The largest absolute Gasteiger partial charge is 0.299 e. The third-order valence-corrected chi connectivity index (χ3v) is 4.44. The summed E-state index contributed by atoms with van der Waals surface area (Å²) >= 11 is 7.46. The number of allylic oxidation sites excluding steroid dienone is 1. The molecule has 0 N–H and O–H groups in total. The minimum absolute atomic E-state index is 0.297. The van der Waals surface area contributed by atoms with Gasteiger partial charge in [0, 0.05) is 16.7 Å². The fraction of sp³-hybridized carbons (Fsp3) is 0.462. The molecule has 0 spiro atoms. The monoisotopic (exact) mass is 254 g/mol. The van der Waals surface area contributed by atoms with E-state index in [1.54, 1.807) is 11.3 Å². The molecule has 16 heavy (non-hydrogen) atoms. The van der Waals surface area contributed by atoms with Gasteiger partial charge in [0.05, 0.1) is 4.34 Å². The Morgan fingerprint density at radius 3 is 2.75 bits per heavy atom. The number of halogens is 1. The third-order valence-electron chi connectivity index (χ3n) is 3.26. The number of carbonyl (C=O) groups is 1. The molecule has 1 aromatic heterocycles. The molecule has 1 aliphatic rings. The van der Waals surface area contributed by atoms with Gasteiger partial charge >= 0.3 is 0 Å². The normalized spacial score (nSPS) is 22.7. The van der Waals surface area contributed by atoms with E-state index in [9.17, 15) is 4.79 Å². The van der Waals surface area contributed by atoms with Crippen LogP contribution in [-0.2, 0) is 4.79 Å². The zero-order valence-electron chi connectivity index (χ0n) is 9.55. The van der Waals surface area contributed by atoms with Gasteiger partial charge in [-0.1, -0.05) is 17.2 Å². The summed E-state index contributed by atoms with van der Waals surface area (Å²) in [5.74, 6) is 0.354.